The molecule has 0 bridgehead atoms. The maximum Gasteiger partial charge on any atom is 0.227 e. The molecular weight excluding hydrogens is 456 g/mol. The van der Waals surface area contributed by atoms with Crippen molar-refractivity contribution in [1.29, 1.82) is 0 Å². The van der Waals surface area contributed by atoms with Gasteiger partial charge in [0.25, 0.3) is 0 Å². The lowest BCUT2D eigenvalue weighted by atomic mass is 10.0. The lowest BCUT2D eigenvalue weighted by Gasteiger charge is -2.34. The van der Waals surface area contributed by atoms with Gasteiger partial charge in [0.2, 0.25) is 5.95 Å². The van der Waals surface area contributed by atoms with Crippen LogP contribution < -0.4 is 15.0 Å². The van der Waals surface area contributed by atoms with Gasteiger partial charge in [-0.1, -0.05) is 6.92 Å². The number of ketones is 1. The van der Waals surface area contributed by atoms with E-state index in [4.69, 9.17) is 9.47 Å². The van der Waals surface area contributed by atoms with Crippen LogP contribution in [0.25, 0.3) is 0 Å². The molecule has 0 spiro atoms. The number of anilines is 3. The number of aromatic nitrogens is 3. The minimum absolute atomic E-state index is 0.0448. The fraction of sp³-hybridized carbons (Fsp3) is 0.407. The van der Waals surface area contributed by atoms with Gasteiger partial charge in [0, 0.05) is 51.2 Å². The molecule has 4 rings (SSSR count). The van der Waals surface area contributed by atoms with Crippen molar-refractivity contribution in [3.8, 4) is 5.75 Å². The van der Waals surface area contributed by atoms with Crippen molar-refractivity contribution < 1.29 is 14.3 Å². The van der Waals surface area contributed by atoms with Crippen LogP contribution >= 0.6 is 0 Å². The first-order valence-electron chi connectivity index (χ1n) is 12.3. The van der Waals surface area contributed by atoms with Crippen LogP contribution in [0.4, 0.5) is 17.5 Å². The average Bonchev–Trinajstić information content (AvgIpc) is 2.93. The number of benzene rings is 1. The zero-order chi connectivity index (χ0) is 25.3. The molecule has 2 aromatic heterocycles. The summed E-state index contributed by atoms with van der Waals surface area (Å²) < 4.78 is 10.3. The topological polar surface area (TPSA) is 92.7 Å². The molecule has 0 aliphatic carbocycles. The zero-order valence-electron chi connectivity index (χ0n) is 21.2. The Morgan fingerprint density at radius 1 is 0.944 bits per heavy atom. The molecule has 0 amide bonds. The van der Waals surface area contributed by atoms with E-state index < -0.39 is 0 Å². The van der Waals surface area contributed by atoms with Gasteiger partial charge in [-0.25, -0.2) is 15.0 Å². The van der Waals surface area contributed by atoms with Gasteiger partial charge in [0.1, 0.15) is 18.2 Å². The molecule has 1 saturated heterocycles. The molecule has 1 N–H and O–H groups in total. The molecule has 1 aromatic carbocycles. The van der Waals surface area contributed by atoms with Gasteiger partial charge in [-0.05, 0) is 60.8 Å². The van der Waals surface area contributed by atoms with E-state index in [0.717, 1.165) is 68.2 Å². The van der Waals surface area contributed by atoms with E-state index in [2.05, 4.69) is 37.0 Å². The summed E-state index contributed by atoms with van der Waals surface area (Å²) in [7, 11) is 3.11. The number of hydrogen-bond donors (Lipinski definition) is 1. The molecule has 1 fully saturated rings. The number of carbonyl (C=O) groups excluding carboxylic acids is 1. The van der Waals surface area contributed by atoms with E-state index in [1.807, 2.05) is 42.9 Å². The summed E-state index contributed by atoms with van der Waals surface area (Å²) in [5.41, 5.74) is 3.46. The summed E-state index contributed by atoms with van der Waals surface area (Å²) >= 11 is 0. The van der Waals surface area contributed by atoms with Crippen LogP contribution in [0.1, 0.15) is 28.4 Å². The van der Waals surface area contributed by atoms with Crippen molar-refractivity contribution in [2.24, 2.45) is 0 Å². The molecule has 0 unspecified atom stereocenters. The Morgan fingerprint density at radius 2 is 1.69 bits per heavy atom. The average molecular weight is 491 g/mol. The number of rotatable bonds is 11. The zero-order valence-corrected chi connectivity index (χ0v) is 21.2. The summed E-state index contributed by atoms with van der Waals surface area (Å²) in [6.45, 7) is 7.49. The lowest BCUT2D eigenvalue weighted by molar-refractivity contribution is 0.0847. The van der Waals surface area contributed by atoms with Crippen molar-refractivity contribution in [1.82, 2.24) is 19.9 Å². The van der Waals surface area contributed by atoms with Crippen molar-refractivity contribution in [2.75, 3.05) is 63.8 Å². The van der Waals surface area contributed by atoms with Crippen LogP contribution in [0.5, 0.6) is 5.75 Å². The number of piperazine rings is 1. The minimum Gasteiger partial charge on any atom is -0.497 e. The summed E-state index contributed by atoms with van der Waals surface area (Å²) in [5, 5.41) is 3.22. The predicted molar refractivity (Wildman–Crippen MR) is 140 cm³/mol. The standard InChI is InChI=1S/C27H34N6O3/c1-4-32-9-11-33(12-10-32)26-8-7-23(18-28-26)31-27-29-16-21(17-30-27)6-5-20-13-22(25(34)19-35-2)15-24(14-20)36-3/h7-8,13-18H,4-6,9-12,19H2,1-3H3,(H,29,30,31). The highest BCUT2D eigenvalue weighted by molar-refractivity contribution is 5.97. The number of nitrogens with zero attached hydrogens (tertiary/aromatic N) is 5. The van der Waals surface area contributed by atoms with E-state index in [1.54, 1.807) is 13.2 Å². The van der Waals surface area contributed by atoms with E-state index >= 15 is 0 Å². The molecule has 9 nitrogen and oxygen atoms in total. The highest BCUT2D eigenvalue weighted by atomic mass is 16.5. The minimum atomic E-state index is -0.0713. The third kappa shape index (κ3) is 6.77. The van der Waals surface area contributed by atoms with Crippen LogP contribution in [0.2, 0.25) is 0 Å². The number of carbonyl (C=O) groups is 1. The Morgan fingerprint density at radius 3 is 2.33 bits per heavy atom. The number of Topliss-reactive ketones (excluding diaryl/α,β-unsaturated/α-hetero) is 1. The van der Waals surface area contributed by atoms with E-state index in [9.17, 15) is 4.79 Å². The fourth-order valence-electron chi connectivity index (χ4n) is 4.20. The van der Waals surface area contributed by atoms with Crippen molar-refractivity contribution in [3.63, 3.8) is 0 Å². The second-order valence-electron chi connectivity index (χ2n) is 8.79. The maximum absolute atomic E-state index is 12.2. The van der Waals surface area contributed by atoms with Gasteiger partial charge >= 0.3 is 0 Å². The third-order valence-electron chi connectivity index (χ3n) is 6.35. The molecule has 1 aliphatic heterocycles. The molecule has 3 aromatic rings. The van der Waals surface area contributed by atoms with Crippen LogP contribution in [-0.2, 0) is 17.6 Å². The van der Waals surface area contributed by atoms with E-state index in [1.165, 1.54) is 7.11 Å². The van der Waals surface area contributed by atoms with Gasteiger partial charge in [-0.2, -0.15) is 0 Å². The molecule has 190 valence electrons. The molecule has 0 saturated carbocycles. The van der Waals surface area contributed by atoms with Crippen molar-refractivity contribution >= 4 is 23.2 Å². The SMILES string of the molecule is CCN1CCN(c2ccc(Nc3ncc(CCc4cc(OC)cc(C(=O)COC)c4)cn3)cn2)CC1. The van der Waals surface area contributed by atoms with Crippen molar-refractivity contribution in [3.05, 3.63) is 65.6 Å². The lowest BCUT2D eigenvalue weighted by Crippen LogP contribution is -2.46. The molecular formula is C27H34N6O3. The third-order valence-corrected chi connectivity index (χ3v) is 6.35. The summed E-state index contributed by atoms with van der Waals surface area (Å²) in [6, 6.07) is 9.62. The Labute approximate surface area is 212 Å². The fourth-order valence-corrected chi connectivity index (χ4v) is 4.20. The first-order valence-corrected chi connectivity index (χ1v) is 12.3. The maximum atomic E-state index is 12.2. The molecule has 3 heterocycles. The smallest absolute Gasteiger partial charge is 0.227 e. The van der Waals surface area contributed by atoms with Crippen LogP contribution in [0.3, 0.4) is 0 Å². The van der Waals surface area contributed by atoms with E-state index in [0.29, 0.717) is 17.3 Å². The predicted octanol–water partition coefficient (Wildman–Crippen LogP) is 3.38. The number of methoxy groups -OCH3 is 2. The molecule has 0 atom stereocenters. The Hall–Kier alpha value is -3.56. The van der Waals surface area contributed by atoms with Gasteiger partial charge < -0.3 is 24.6 Å². The normalized spacial score (nSPS) is 14.0. The molecule has 0 radical (unpaired) electrons. The second kappa shape index (κ2) is 12.4. The van der Waals surface area contributed by atoms with Gasteiger partial charge in [0.05, 0.1) is 19.0 Å². The van der Waals surface area contributed by atoms with Crippen LogP contribution in [-0.4, -0.2) is 79.2 Å². The van der Waals surface area contributed by atoms with Crippen LogP contribution in [0.15, 0.2) is 48.9 Å². The summed E-state index contributed by atoms with van der Waals surface area (Å²) in [5.74, 6) is 2.11. The number of ether oxygens (including phenoxy) is 2. The first-order chi connectivity index (χ1) is 17.6. The van der Waals surface area contributed by atoms with Gasteiger partial charge in [-0.3, -0.25) is 4.79 Å². The summed E-state index contributed by atoms with van der Waals surface area (Å²) in [6.07, 6.45) is 6.94. The van der Waals surface area contributed by atoms with Crippen molar-refractivity contribution in [2.45, 2.75) is 19.8 Å². The van der Waals surface area contributed by atoms with E-state index in [-0.39, 0.29) is 12.4 Å². The quantitative estimate of drug-likeness (QED) is 0.406. The number of likely N-dealkylation sites (N-methyl/N-ethyl adjacent to an activating group) is 1. The molecule has 1 aliphatic rings. The monoisotopic (exact) mass is 490 g/mol. The number of pyridine rings is 1. The first kappa shape index (κ1) is 25.5. The largest absolute Gasteiger partial charge is 0.497 e. The number of aryl methyl sites for hydroxylation is 2. The highest BCUT2D eigenvalue weighted by Gasteiger charge is 2.16. The Bertz CT molecular complexity index is 1130. The number of hydrogen-bond acceptors (Lipinski definition) is 9. The summed E-state index contributed by atoms with van der Waals surface area (Å²) in [4.78, 5) is 30.5. The Balaban J connectivity index is 1.32. The van der Waals surface area contributed by atoms with Gasteiger partial charge in [0.15, 0.2) is 5.78 Å². The highest BCUT2D eigenvalue weighted by Crippen LogP contribution is 2.20. The number of nitrogens with one attached hydrogen (secondary N) is 1. The van der Waals surface area contributed by atoms with Gasteiger partial charge in [-0.15, -0.1) is 0 Å². The second-order valence-corrected chi connectivity index (χ2v) is 8.79. The molecule has 36 heavy (non-hydrogen) atoms. The van der Waals surface area contributed by atoms with Crippen LogP contribution in [0, 0.1) is 0 Å². The Kier molecular flexibility index (Phi) is 8.80. The molecule has 9 heteroatoms.